The highest BCUT2D eigenvalue weighted by Gasteiger charge is 2.26. The van der Waals surface area contributed by atoms with Gasteiger partial charge in [0.2, 0.25) is 5.91 Å². The number of carbonyl (C=O) groups is 2. The number of rotatable bonds is 9. The summed E-state index contributed by atoms with van der Waals surface area (Å²) in [6.45, 7) is 8.23. The van der Waals surface area contributed by atoms with Crippen molar-refractivity contribution in [3.63, 3.8) is 0 Å². The first-order valence-corrected chi connectivity index (χ1v) is 9.75. The Labute approximate surface area is 172 Å². The van der Waals surface area contributed by atoms with Crippen LogP contribution in [-0.2, 0) is 16.1 Å². The molecule has 0 aromatic heterocycles. The quantitative estimate of drug-likeness (QED) is 0.704. The van der Waals surface area contributed by atoms with Gasteiger partial charge < -0.3 is 19.7 Å². The summed E-state index contributed by atoms with van der Waals surface area (Å²) in [5.41, 5.74) is 3.13. The van der Waals surface area contributed by atoms with Crippen molar-refractivity contribution in [1.82, 2.24) is 10.2 Å². The van der Waals surface area contributed by atoms with Crippen molar-refractivity contribution < 1.29 is 19.1 Å². The number of nitrogens with zero attached hydrogens (tertiary/aromatic N) is 1. The van der Waals surface area contributed by atoms with Crippen LogP contribution in [0.25, 0.3) is 0 Å². The van der Waals surface area contributed by atoms with Crippen LogP contribution in [0.4, 0.5) is 0 Å². The summed E-state index contributed by atoms with van der Waals surface area (Å²) in [6, 6.07) is 12.5. The molecule has 6 heteroatoms. The van der Waals surface area contributed by atoms with Gasteiger partial charge in [-0.15, -0.1) is 0 Å². The Kier molecular flexibility index (Phi) is 8.07. The number of aryl methyl sites for hydroxylation is 2. The number of ether oxygens (including phenoxy) is 2. The zero-order valence-electron chi connectivity index (χ0n) is 17.8. The average Bonchev–Trinajstić information content (AvgIpc) is 2.72. The molecule has 6 nitrogen and oxygen atoms in total. The van der Waals surface area contributed by atoms with Gasteiger partial charge in [0.15, 0.2) is 6.61 Å². The van der Waals surface area contributed by atoms with E-state index in [2.05, 4.69) is 5.32 Å². The predicted octanol–water partition coefficient (Wildman–Crippen LogP) is 3.24. The monoisotopic (exact) mass is 398 g/mol. The third-order valence-corrected chi connectivity index (χ3v) is 4.85. The van der Waals surface area contributed by atoms with Gasteiger partial charge in [-0.2, -0.15) is 0 Å². The molecule has 0 aliphatic heterocycles. The van der Waals surface area contributed by atoms with Crippen molar-refractivity contribution >= 4 is 11.8 Å². The van der Waals surface area contributed by atoms with Crippen molar-refractivity contribution in [2.24, 2.45) is 0 Å². The number of carbonyl (C=O) groups excluding carboxylic acids is 2. The molecule has 0 fully saturated rings. The smallest absolute Gasteiger partial charge is 0.261 e. The number of amides is 2. The number of benzene rings is 2. The van der Waals surface area contributed by atoms with Crippen molar-refractivity contribution in [1.29, 1.82) is 0 Å². The van der Waals surface area contributed by atoms with Crippen LogP contribution in [0.1, 0.15) is 30.5 Å². The fraction of sp³-hybridized carbons (Fsp3) is 0.391. The van der Waals surface area contributed by atoms with Gasteiger partial charge in [0.1, 0.15) is 17.5 Å². The molecule has 0 aliphatic rings. The number of hydrogen-bond acceptors (Lipinski definition) is 4. The third-order valence-electron chi connectivity index (χ3n) is 4.85. The van der Waals surface area contributed by atoms with Gasteiger partial charge in [-0.05, 0) is 68.7 Å². The molecule has 0 bridgehead atoms. The maximum Gasteiger partial charge on any atom is 0.261 e. The minimum absolute atomic E-state index is 0.143. The number of nitrogens with one attached hydrogen (secondary N) is 1. The van der Waals surface area contributed by atoms with Gasteiger partial charge in [0.25, 0.3) is 5.91 Å². The molecule has 0 saturated carbocycles. The Balaban J connectivity index is 2.16. The molecule has 1 atom stereocenters. The molecule has 0 aliphatic carbocycles. The zero-order chi connectivity index (χ0) is 21.4. The zero-order valence-corrected chi connectivity index (χ0v) is 17.8. The molecule has 2 aromatic rings. The molecule has 2 rings (SSSR count). The summed E-state index contributed by atoms with van der Waals surface area (Å²) in [5, 5.41) is 2.78. The van der Waals surface area contributed by atoms with Crippen LogP contribution < -0.4 is 14.8 Å². The highest BCUT2D eigenvalue weighted by atomic mass is 16.5. The molecule has 0 spiro atoms. The van der Waals surface area contributed by atoms with Gasteiger partial charge >= 0.3 is 0 Å². The third kappa shape index (κ3) is 6.24. The van der Waals surface area contributed by atoms with E-state index in [1.165, 1.54) is 4.90 Å². The largest absolute Gasteiger partial charge is 0.497 e. The summed E-state index contributed by atoms with van der Waals surface area (Å²) in [5.74, 6) is 0.875. The topological polar surface area (TPSA) is 67.9 Å². The van der Waals surface area contributed by atoms with Crippen molar-refractivity contribution in [3.05, 3.63) is 59.2 Å². The number of methoxy groups -OCH3 is 1. The van der Waals surface area contributed by atoms with Crippen LogP contribution in [0.2, 0.25) is 0 Å². The Morgan fingerprint density at radius 3 is 2.48 bits per heavy atom. The lowest BCUT2D eigenvalue weighted by molar-refractivity contribution is -0.142. The second kappa shape index (κ2) is 10.5. The lowest BCUT2D eigenvalue weighted by Gasteiger charge is -2.28. The second-order valence-corrected chi connectivity index (χ2v) is 6.98. The molecule has 0 heterocycles. The SMILES string of the molecule is CCNC(=O)[C@H](C)N(Cc1cccc(OC)c1)C(=O)COc1ccc(C)c(C)c1. The summed E-state index contributed by atoms with van der Waals surface area (Å²) in [7, 11) is 1.59. The molecule has 1 N–H and O–H groups in total. The molecule has 156 valence electrons. The minimum Gasteiger partial charge on any atom is -0.497 e. The van der Waals surface area contributed by atoms with Crippen LogP contribution in [0.5, 0.6) is 11.5 Å². The summed E-state index contributed by atoms with van der Waals surface area (Å²) in [6.07, 6.45) is 0. The molecule has 0 radical (unpaired) electrons. The van der Waals surface area contributed by atoms with E-state index < -0.39 is 6.04 Å². The summed E-state index contributed by atoms with van der Waals surface area (Å²) in [4.78, 5) is 26.9. The normalized spacial score (nSPS) is 11.5. The van der Waals surface area contributed by atoms with Gasteiger partial charge in [-0.25, -0.2) is 0 Å². The van der Waals surface area contributed by atoms with Crippen LogP contribution in [-0.4, -0.2) is 43.0 Å². The summed E-state index contributed by atoms with van der Waals surface area (Å²) >= 11 is 0. The van der Waals surface area contributed by atoms with Gasteiger partial charge in [0.05, 0.1) is 7.11 Å². The van der Waals surface area contributed by atoms with Crippen LogP contribution in [0, 0.1) is 13.8 Å². The number of hydrogen-bond donors (Lipinski definition) is 1. The fourth-order valence-electron chi connectivity index (χ4n) is 2.90. The second-order valence-electron chi connectivity index (χ2n) is 6.98. The highest BCUT2D eigenvalue weighted by Crippen LogP contribution is 2.18. The maximum absolute atomic E-state index is 13.0. The Morgan fingerprint density at radius 1 is 1.07 bits per heavy atom. The van der Waals surface area contributed by atoms with Gasteiger partial charge in [-0.1, -0.05) is 18.2 Å². The Bertz CT molecular complexity index is 851. The van der Waals surface area contributed by atoms with Gasteiger partial charge in [-0.3, -0.25) is 9.59 Å². The van der Waals surface area contributed by atoms with Crippen molar-refractivity contribution in [3.8, 4) is 11.5 Å². The molecule has 0 saturated heterocycles. The van der Waals surface area contributed by atoms with Crippen LogP contribution >= 0.6 is 0 Å². The standard InChI is InChI=1S/C23H30N2O4/c1-6-24-23(27)18(4)25(14-19-8-7-9-20(13-19)28-5)22(26)15-29-21-11-10-16(2)17(3)12-21/h7-13,18H,6,14-15H2,1-5H3,(H,24,27)/t18-/m0/s1. The molecule has 29 heavy (non-hydrogen) atoms. The lowest BCUT2D eigenvalue weighted by Crippen LogP contribution is -2.49. The highest BCUT2D eigenvalue weighted by molar-refractivity contribution is 5.87. The van der Waals surface area contributed by atoms with Gasteiger partial charge in [0, 0.05) is 13.1 Å². The predicted molar refractivity (Wildman–Crippen MR) is 113 cm³/mol. The van der Waals surface area contributed by atoms with E-state index in [0.29, 0.717) is 18.0 Å². The Hall–Kier alpha value is -3.02. The van der Waals surface area contributed by atoms with E-state index in [1.807, 2.05) is 63.2 Å². The molecular weight excluding hydrogens is 368 g/mol. The number of likely N-dealkylation sites (N-methyl/N-ethyl adjacent to an activating group) is 1. The van der Waals surface area contributed by atoms with E-state index in [9.17, 15) is 9.59 Å². The molecule has 2 amide bonds. The Morgan fingerprint density at radius 2 is 1.83 bits per heavy atom. The first-order chi connectivity index (χ1) is 13.8. The van der Waals surface area contributed by atoms with Crippen molar-refractivity contribution in [2.45, 2.75) is 40.3 Å². The van der Waals surface area contributed by atoms with Crippen LogP contribution in [0.3, 0.4) is 0 Å². The van der Waals surface area contributed by atoms with Crippen molar-refractivity contribution in [2.75, 3.05) is 20.3 Å². The van der Waals surface area contributed by atoms with E-state index in [1.54, 1.807) is 14.0 Å². The molecule has 0 unspecified atom stereocenters. The summed E-state index contributed by atoms with van der Waals surface area (Å²) < 4.78 is 11.0. The first kappa shape index (κ1) is 22.3. The maximum atomic E-state index is 13.0. The molecular formula is C23H30N2O4. The molecule has 2 aromatic carbocycles. The first-order valence-electron chi connectivity index (χ1n) is 9.75. The fourth-order valence-corrected chi connectivity index (χ4v) is 2.90. The van der Waals surface area contributed by atoms with E-state index in [-0.39, 0.29) is 25.0 Å². The van der Waals surface area contributed by atoms with E-state index >= 15 is 0 Å². The minimum atomic E-state index is -0.628. The lowest BCUT2D eigenvalue weighted by atomic mass is 10.1. The van der Waals surface area contributed by atoms with Crippen LogP contribution in [0.15, 0.2) is 42.5 Å². The average molecular weight is 399 g/mol. The van der Waals surface area contributed by atoms with E-state index in [4.69, 9.17) is 9.47 Å². The van der Waals surface area contributed by atoms with E-state index in [0.717, 1.165) is 16.7 Å².